The molecule has 1 aromatic heterocycles. The lowest BCUT2D eigenvalue weighted by atomic mass is 10.0. The number of benzene rings is 3. The molecule has 6 nitrogen and oxygen atoms in total. The average molecular weight is 476 g/mol. The molecule has 0 bridgehead atoms. The van der Waals surface area contributed by atoms with Crippen LogP contribution in [0, 0.1) is 0 Å². The maximum absolute atomic E-state index is 12.9. The Morgan fingerprint density at radius 2 is 1.76 bits per heavy atom. The van der Waals surface area contributed by atoms with Crippen LogP contribution in [0.25, 0.3) is 16.8 Å². The molecule has 0 aliphatic heterocycles. The van der Waals surface area contributed by atoms with Gasteiger partial charge in [-0.2, -0.15) is 5.10 Å². The number of hydrogen-bond donors (Lipinski definition) is 3. The molecule has 0 radical (unpaired) electrons. The number of amides is 2. The number of carbonyl (C=O) groups is 2. The van der Waals surface area contributed by atoms with Crippen molar-refractivity contribution in [3.05, 3.63) is 105 Å². The van der Waals surface area contributed by atoms with Crippen molar-refractivity contribution in [1.29, 1.82) is 0 Å². The van der Waals surface area contributed by atoms with Crippen molar-refractivity contribution in [2.24, 2.45) is 5.10 Å². The fraction of sp³-hybridized carbons (Fsp3) is 0. The number of halogens is 1. The second kappa shape index (κ2) is 10.1. The third-order valence-electron chi connectivity index (χ3n) is 4.75. The van der Waals surface area contributed by atoms with E-state index in [0.717, 1.165) is 15.6 Å². The van der Waals surface area contributed by atoms with Gasteiger partial charge < -0.3 is 10.4 Å². The van der Waals surface area contributed by atoms with Crippen LogP contribution in [0.15, 0.2) is 89.0 Å². The van der Waals surface area contributed by atoms with E-state index in [9.17, 15) is 14.7 Å². The summed E-state index contributed by atoms with van der Waals surface area (Å²) in [5, 5.41) is 20.7. The van der Waals surface area contributed by atoms with Crippen LogP contribution in [0.1, 0.15) is 20.8 Å². The minimum absolute atomic E-state index is 0.00154. The molecule has 0 aliphatic carbocycles. The van der Waals surface area contributed by atoms with Crippen molar-refractivity contribution >= 4 is 57.8 Å². The van der Waals surface area contributed by atoms with Crippen molar-refractivity contribution in [2.45, 2.75) is 0 Å². The number of rotatable bonds is 6. The Bertz CT molecular complexity index is 1380. The molecule has 3 N–H and O–H groups in total. The van der Waals surface area contributed by atoms with E-state index in [1.807, 2.05) is 41.8 Å². The maximum Gasteiger partial charge on any atom is 0.287 e. The van der Waals surface area contributed by atoms with E-state index >= 15 is 0 Å². The summed E-state index contributed by atoms with van der Waals surface area (Å²) in [6.07, 6.45) is 2.92. The van der Waals surface area contributed by atoms with Crippen LogP contribution in [0.5, 0.6) is 5.75 Å². The van der Waals surface area contributed by atoms with Crippen LogP contribution in [-0.4, -0.2) is 23.1 Å². The highest BCUT2D eigenvalue weighted by atomic mass is 35.5. The molecule has 0 saturated heterocycles. The standard InChI is InChI=1S/C25H18ClN3O3S/c26-21-10-4-3-9-19(21)24(31)28-22(14-17-7-5-13-33-17)25(32)29-27-15-20-18-8-2-1-6-16(18)11-12-23(20)30/h1-15,30H,(H,28,31)(H,29,32)/b22-14+,27-15-. The monoisotopic (exact) mass is 475 g/mol. The Balaban J connectivity index is 1.57. The first-order chi connectivity index (χ1) is 16.0. The predicted molar refractivity (Wildman–Crippen MR) is 133 cm³/mol. The maximum atomic E-state index is 12.9. The second-order valence-electron chi connectivity index (χ2n) is 6.93. The zero-order valence-corrected chi connectivity index (χ0v) is 18.7. The van der Waals surface area contributed by atoms with Gasteiger partial charge in [0.25, 0.3) is 11.8 Å². The molecule has 1 heterocycles. The fourth-order valence-electron chi connectivity index (χ4n) is 3.14. The van der Waals surface area contributed by atoms with Gasteiger partial charge >= 0.3 is 0 Å². The van der Waals surface area contributed by atoms with Crippen molar-refractivity contribution in [1.82, 2.24) is 10.7 Å². The molecule has 0 spiro atoms. The topological polar surface area (TPSA) is 90.8 Å². The Hall–Kier alpha value is -3.94. The summed E-state index contributed by atoms with van der Waals surface area (Å²) in [5.74, 6) is -1.11. The number of aromatic hydroxyl groups is 1. The van der Waals surface area contributed by atoms with E-state index in [2.05, 4.69) is 15.8 Å². The highest BCUT2D eigenvalue weighted by molar-refractivity contribution is 7.10. The zero-order valence-electron chi connectivity index (χ0n) is 17.2. The van der Waals surface area contributed by atoms with Gasteiger partial charge in [0.1, 0.15) is 11.4 Å². The van der Waals surface area contributed by atoms with E-state index in [1.165, 1.54) is 17.6 Å². The quantitative estimate of drug-likeness (QED) is 0.204. The normalized spacial score (nSPS) is 11.6. The lowest BCUT2D eigenvalue weighted by Gasteiger charge is -2.10. The summed E-state index contributed by atoms with van der Waals surface area (Å²) >= 11 is 7.53. The van der Waals surface area contributed by atoms with Crippen LogP contribution in [0.4, 0.5) is 0 Å². The molecule has 8 heteroatoms. The molecule has 2 amide bonds. The van der Waals surface area contributed by atoms with Crippen LogP contribution >= 0.6 is 22.9 Å². The number of carbonyl (C=O) groups excluding carboxylic acids is 2. The smallest absolute Gasteiger partial charge is 0.287 e. The SMILES string of the molecule is O=C(N/N=C\c1c(O)ccc2ccccc12)/C(=C\c1cccs1)NC(=O)c1ccccc1Cl. The Morgan fingerprint density at radius 1 is 0.970 bits per heavy atom. The highest BCUT2D eigenvalue weighted by Gasteiger charge is 2.16. The number of thiophene rings is 1. The summed E-state index contributed by atoms with van der Waals surface area (Å²) in [4.78, 5) is 26.3. The summed E-state index contributed by atoms with van der Waals surface area (Å²) in [6, 6.07) is 21.1. The first-order valence-corrected chi connectivity index (χ1v) is 11.1. The molecule has 0 aliphatic rings. The van der Waals surface area contributed by atoms with E-state index in [4.69, 9.17) is 11.6 Å². The van der Waals surface area contributed by atoms with Crippen LogP contribution < -0.4 is 10.7 Å². The minimum atomic E-state index is -0.625. The molecular weight excluding hydrogens is 458 g/mol. The first kappa shape index (κ1) is 22.3. The van der Waals surface area contributed by atoms with Crippen molar-refractivity contribution in [2.75, 3.05) is 0 Å². The summed E-state index contributed by atoms with van der Waals surface area (Å²) in [6.45, 7) is 0. The van der Waals surface area contributed by atoms with E-state index in [0.29, 0.717) is 5.56 Å². The third-order valence-corrected chi connectivity index (χ3v) is 5.90. The number of hydrogen-bond acceptors (Lipinski definition) is 5. The number of fused-ring (bicyclic) bond motifs is 1. The predicted octanol–water partition coefficient (Wildman–Crippen LogP) is 5.18. The fourth-order valence-corrected chi connectivity index (χ4v) is 4.02. The molecule has 0 fully saturated rings. The Kier molecular flexibility index (Phi) is 6.83. The molecule has 0 unspecified atom stereocenters. The van der Waals surface area contributed by atoms with Gasteiger partial charge in [-0.15, -0.1) is 11.3 Å². The Morgan fingerprint density at radius 3 is 2.55 bits per heavy atom. The van der Waals surface area contributed by atoms with Crippen molar-refractivity contribution in [3.8, 4) is 5.75 Å². The van der Waals surface area contributed by atoms with Gasteiger partial charge in [-0.1, -0.05) is 60.1 Å². The van der Waals surface area contributed by atoms with Gasteiger partial charge in [-0.25, -0.2) is 5.43 Å². The molecule has 0 atom stereocenters. The van der Waals surface area contributed by atoms with Gasteiger partial charge in [-0.05, 0) is 46.5 Å². The number of phenolic OH excluding ortho intramolecular Hbond substituents is 1. The zero-order chi connectivity index (χ0) is 23.2. The van der Waals surface area contributed by atoms with Gasteiger partial charge in [-0.3, -0.25) is 9.59 Å². The molecule has 164 valence electrons. The van der Waals surface area contributed by atoms with Gasteiger partial charge in [0.15, 0.2) is 0 Å². The molecule has 3 aromatic carbocycles. The first-order valence-electron chi connectivity index (χ1n) is 9.88. The minimum Gasteiger partial charge on any atom is -0.507 e. The summed E-state index contributed by atoms with van der Waals surface area (Å²) in [5.41, 5.74) is 3.13. The second-order valence-corrected chi connectivity index (χ2v) is 8.31. The summed E-state index contributed by atoms with van der Waals surface area (Å²) < 4.78 is 0. The molecule has 4 aromatic rings. The molecule has 33 heavy (non-hydrogen) atoms. The Labute approximate surface area is 198 Å². The third kappa shape index (κ3) is 5.28. The van der Waals surface area contributed by atoms with Crippen LogP contribution in [0.2, 0.25) is 5.02 Å². The number of hydrazone groups is 1. The average Bonchev–Trinajstić information content (AvgIpc) is 3.33. The van der Waals surface area contributed by atoms with E-state index in [1.54, 1.807) is 42.5 Å². The molecule has 0 saturated carbocycles. The molecule has 4 rings (SSSR count). The highest BCUT2D eigenvalue weighted by Crippen LogP contribution is 2.25. The van der Waals surface area contributed by atoms with Crippen LogP contribution in [0.3, 0.4) is 0 Å². The van der Waals surface area contributed by atoms with Crippen LogP contribution in [-0.2, 0) is 4.79 Å². The summed E-state index contributed by atoms with van der Waals surface area (Å²) in [7, 11) is 0. The lowest BCUT2D eigenvalue weighted by Crippen LogP contribution is -2.33. The van der Waals surface area contributed by atoms with E-state index in [-0.39, 0.29) is 22.0 Å². The molecular formula is C25H18ClN3O3S. The van der Waals surface area contributed by atoms with Gasteiger partial charge in [0, 0.05) is 10.4 Å². The van der Waals surface area contributed by atoms with Gasteiger partial charge in [0.05, 0.1) is 16.8 Å². The lowest BCUT2D eigenvalue weighted by molar-refractivity contribution is -0.117. The number of phenols is 1. The number of nitrogens with zero attached hydrogens (tertiary/aromatic N) is 1. The number of nitrogens with one attached hydrogen (secondary N) is 2. The van der Waals surface area contributed by atoms with Gasteiger partial charge in [0.2, 0.25) is 0 Å². The van der Waals surface area contributed by atoms with Crippen molar-refractivity contribution in [3.63, 3.8) is 0 Å². The van der Waals surface area contributed by atoms with Crippen molar-refractivity contribution < 1.29 is 14.7 Å². The van der Waals surface area contributed by atoms with E-state index < -0.39 is 11.8 Å². The largest absolute Gasteiger partial charge is 0.507 e.